The Morgan fingerprint density at radius 3 is 2.52 bits per heavy atom. The number of phenols is 1. The molecule has 0 radical (unpaired) electrons. The molecule has 0 fully saturated rings. The molecule has 0 aromatic heterocycles. The largest absolute Gasteiger partial charge is 0.506 e. The summed E-state index contributed by atoms with van der Waals surface area (Å²) < 4.78 is 5.44. The zero-order valence-electron chi connectivity index (χ0n) is 16.0. The number of aromatic hydroxyl groups is 1. The number of benzene rings is 2. The van der Waals surface area contributed by atoms with Crippen LogP contribution >= 0.6 is 0 Å². The zero-order valence-corrected chi connectivity index (χ0v) is 16.0. The molecule has 0 saturated heterocycles. The molecule has 6 nitrogen and oxygen atoms in total. The topological polar surface area (TPSA) is 90.8 Å². The minimum Gasteiger partial charge on any atom is -0.506 e. The van der Waals surface area contributed by atoms with Gasteiger partial charge in [0.1, 0.15) is 11.5 Å². The van der Waals surface area contributed by atoms with Gasteiger partial charge in [0.05, 0.1) is 18.4 Å². The summed E-state index contributed by atoms with van der Waals surface area (Å²) in [6.07, 6.45) is 0.0761. The molecule has 0 aliphatic heterocycles. The van der Waals surface area contributed by atoms with Crippen molar-refractivity contribution in [3.05, 3.63) is 53.6 Å². The fraction of sp³-hybridized carbons (Fsp3) is 0.381. The standard InChI is InChI=1S/C21H28N2O4/c1-4-27-18-8-5-16(6-9-18)11-14(2)22-13-21(26)17-7-10-20(25)19(12-17)23-15(3)24/h5-10,12,14,21-22,25-26H,4,11,13H2,1-3H3,(H,23,24). The van der Waals surface area contributed by atoms with Crippen LogP contribution in [0.15, 0.2) is 42.5 Å². The summed E-state index contributed by atoms with van der Waals surface area (Å²) in [7, 11) is 0. The lowest BCUT2D eigenvalue weighted by molar-refractivity contribution is -0.114. The predicted molar refractivity (Wildman–Crippen MR) is 106 cm³/mol. The molecule has 0 bridgehead atoms. The predicted octanol–water partition coefficient (Wildman–Crippen LogP) is 3.00. The fourth-order valence-electron chi connectivity index (χ4n) is 2.80. The number of hydrogen-bond donors (Lipinski definition) is 4. The van der Waals surface area contributed by atoms with Gasteiger partial charge in [0, 0.05) is 19.5 Å². The Balaban J connectivity index is 1.88. The molecule has 0 aliphatic rings. The number of aliphatic hydroxyl groups is 1. The molecular weight excluding hydrogens is 344 g/mol. The number of phenolic OH excluding ortho intramolecular Hbond substituents is 1. The molecule has 1 amide bonds. The van der Waals surface area contributed by atoms with Crippen LogP contribution < -0.4 is 15.4 Å². The number of anilines is 1. The van der Waals surface area contributed by atoms with Crippen LogP contribution in [0.5, 0.6) is 11.5 Å². The van der Waals surface area contributed by atoms with Crippen LogP contribution in [-0.4, -0.2) is 35.3 Å². The molecule has 2 aromatic rings. The molecule has 27 heavy (non-hydrogen) atoms. The maximum atomic E-state index is 11.2. The summed E-state index contributed by atoms with van der Waals surface area (Å²) in [5, 5.41) is 26.0. The summed E-state index contributed by atoms with van der Waals surface area (Å²) in [6, 6.07) is 12.9. The third-order valence-electron chi connectivity index (χ3n) is 4.15. The number of ether oxygens (including phenoxy) is 1. The first kappa shape index (κ1) is 20.7. The monoisotopic (exact) mass is 372 g/mol. The normalized spacial score (nSPS) is 13.0. The maximum absolute atomic E-state index is 11.2. The highest BCUT2D eigenvalue weighted by Gasteiger charge is 2.13. The SMILES string of the molecule is CCOc1ccc(CC(C)NCC(O)c2ccc(O)c(NC(C)=O)c2)cc1. The third-order valence-corrected chi connectivity index (χ3v) is 4.15. The summed E-state index contributed by atoms with van der Waals surface area (Å²) in [5.41, 5.74) is 2.10. The molecule has 0 aliphatic carbocycles. The van der Waals surface area contributed by atoms with Crippen molar-refractivity contribution in [1.29, 1.82) is 0 Å². The lowest BCUT2D eigenvalue weighted by Crippen LogP contribution is -2.32. The Bertz CT molecular complexity index is 746. The van der Waals surface area contributed by atoms with E-state index < -0.39 is 6.10 Å². The van der Waals surface area contributed by atoms with Crippen molar-refractivity contribution in [3.8, 4) is 11.5 Å². The second kappa shape index (κ2) is 9.94. The molecule has 2 atom stereocenters. The van der Waals surface area contributed by atoms with E-state index in [9.17, 15) is 15.0 Å². The second-order valence-corrected chi connectivity index (χ2v) is 6.56. The minimum atomic E-state index is -0.749. The van der Waals surface area contributed by atoms with Crippen molar-refractivity contribution in [3.63, 3.8) is 0 Å². The van der Waals surface area contributed by atoms with Gasteiger partial charge in [-0.3, -0.25) is 4.79 Å². The van der Waals surface area contributed by atoms with Crippen molar-refractivity contribution in [2.24, 2.45) is 0 Å². The molecule has 4 N–H and O–H groups in total. The van der Waals surface area contributed by atoms with Crippen LogP contribution in [0.3, 0.4) is 0 Å². The van der Waals surface area contributed by atoms with Crippen LogP contribution in [0, 0.1) is 0 Å². The Hall–Kier alpha value is -2.57. The van der Waals surface area contributed by atoms with Gasteiger partial charge >= 0.3 is 0 Å². The quantitative estimate of drug-likeness (QED) is 0.508. The van der Waals surface area contributed by atoms with Crippen LogP contribution in [0.1, 0.15) is 38.0 Å². The van der Waals surface area contributed by atoms with E-state index in [4.69, 9.17) is 4.74 Å². The van der Waals surface area contributed by atoms with Gasteiger partial charge in [0.25, 0.3) is 0 Å². The van der Waals surface area contributed by atoms with E-state index in [0.717, 1.165) is 12.2 Å². The van der Waals surface area contributed by atoms with Gasteiger partial charge in [0.2, 0.25) is 5.91 Å². The van der Waals surface area contributed by atoms with Gasteiger partial charge in [-0.1, -0.05) is 18.2 Å². The summed E-state index contributed by atoms with van der Waals surface area (Å²) >= 11 is 0. The van der Waals surface area contributed by atoms with E-state index in [1.807, 2.05) is 31.2 Å². The summed E-state index contributed by atoms with van der Waals surface area (Å²) in [6.45, 7) is 6.40. The van der Waals surface area contributed by atoms with Crippen molar-refractivity contribution >= 4 is 11.6 Å². The summed E-state index contributed by atoms with van der Waals surface area (Å²) in [4.78, 5) is 11.2. The van der Waals surface area contributed by atoms with Gasteiger partial charge in [-0.2, -0.15) is 0 Å². The lowest BCUT2D eigenvalue weighted by atomic mass is 10.1. The molecule has 0 heterocycles. The van der Waals surface area contributed by atoms with Gasteiger partial charge in [-0.15, -0.1) is 0 Å². The van der Waals surface area contributed by atoms with E-state index >= 15 is 0 Å². The highest BCUT2D eigenvalue weighted by Crippen LogP contribution is 2.27. The van der Waals surface area contributed by atoms with E-state index in [1.54, 1.807) is 12.1 Å². The van der Waals surface area contributed by atoms with Gasteiger partial charge in [-0.05, 0) is 55.7 Å². The highest BCUT2D eigenvalue weighted by molar-refractivity contribution is 5.90. The zero-order chi connectivity index (χ0) is 19.8. The van der Waals surface area contributed by atoms with Crippen LogP contribution in [0.2, 0.25) is 0 Å². The maximum Gasteiger partial charge on any atom is 0.221 e. The number of rotatable bonds is 9. The Morgan fingerprint density at radius 2 is 1.89 bits per heavy atom. The van der Waals surface area contributed by atoms with Crippen LogP contribution in [0.4, 0.5) is 5.69 Å². The molecule has 0 saturated carbocycles. The third kappa shape index (κ3) is 6.58. The molecule has 2 aromatic carbocycles. The van der Waals surface area contributed by atoms with Gasteiger partial charge in [0.15, 0.2) is 0 Å². The smallest absolute Gasteiger partial charge is 0.221 e. The first-order chi connectivity index (χ1) is 12.9. The number of carbonyl (C=O) groups excluding carboxylic acids is 1. The number of amides is 1. The van der Waals surface area contributed by atoms with Gasteiger partial charge in [-0.25, -0.2) is 0 Å². The minimum absolute atomic E-state index is 0.0297. The van der Waals surface area contributed by atoms with E-state index in [1.165, 1.54) is 18.6 Å². The number of aliphatic hydroxyl groups excluding tert-OH is 1. The Morgan fingerprint density at radius 1 is 1.19 bits per heavy atom. The number of hydrogen-bond acceptors (Lipinski definition) is 5. The average molecular weight is 372 g/mol. The number of nitrogens with one attached hydrogen (secondary N) is 2. The second-order valence-electron chi connectivity index (χ2n) is 6.56. The van der Waals surface area contributed by atoms with Crippen molar-refractivity contribution in [2.45, 2.75) is 39.3 Å². The molecule has 2 rings (SSSR count). The first-order valence-electron chi connectivity index (χ1n) is 9.12. The van der Waals surface area contributed by atoms with Crippen molar-refractivity contribution < 1.29 is 19.7 Å². The van der Waals surface area contributed by atoms with Crippen molar-refractivity contribution in [1.82, 2.24) is 5.32 Å². The van der Waals surface area contributed by atoms with Crippen molar-refractivity contribution in [2.75, 3.05) is 18.5 Å². The van der Waals surface area contributed by atoms with E-state index in [0.29, 0.717) is 24.4 Å². The molecular formula is C21H28N2O4. The van der Waals surface area contributed by atoms with E-state index in [-0.39, 0.29) is 17.7 Å². The van der Waals surface area contributed by atoms with Gasteiger partial charge < -0.3 is 25.6 Å². The molecule has 6 heteroatoms. The summed E-state index contributed by atoms with van der Waals surface area (Å²) in [5.74, 6) is 0.552. The van der Waals surface area contributed by atoms with Crippen LogP contribution in [-0.2, 0) is 11.2 Å². The molecule has 0 spiro atoms. The first-order valence-corrected chi connectivity index (χ1v) is 9.12. The van der Waals surface area contributed by atoms with E-state index in [2.05, 4.69) is 17.6 Å². The fourth-order valence-corrected chi connectivity index (χ4v) is 2.80. The lowest BCUT2D eigenvalue weighted by Gasteiger charge is -2.18. The number of carbonyl (C=O) groups is 1. The average Bonchev–Trinajstić information content (AvgIpc) is 2.63. The highest BCUT2D eigenvalue weighted by atomic mass is 16.5. The Labute approximate surface area is 160 Å². The molecule has 2 unspecified atom stereocenters. The molecule has 146 valence electrons. The van der Waals surface area contributed by atoms with Crippen LogP contribution in [0.25, 0.3) is 0 Å². The Kier molecular flexibility index (Phi) is 7.64.